The topological polar surface area (TPSA) is 0 Å². The first-order valence-electron chi connectivity index (χ1n) is 0. The zero-order valence-corrected chi connectivity index (χ0v) is 8.21. The van der Waals surface area contributed by atoms with E-state index in [9.17, 15) is 0 Å². The van der Waals surface area contributed by atoms with E-state index in [1.807, 2.05) is 0 Å². The average molecular weight is 343 g/mol. The first-order valence-corrected chi connectivity index (χ1v) is 0. The number of rotatable bonds is 0. The van der Waals surface area contributed by atoms with Gasteiger partial charge in [-0.05, 0) is 0 Å². The van der Waals surface area contributed by atoms with Crippen LogP contribution in [0, 0.1) is 0 Å². The SMILES string of the molecule is [Ga+3].[In+3].[P-3].[SbH6-3]. The van der Waals surface area contributed by atoms with Gasteiger partial charge in [0.15, 0.2) is 0 Å². The van der Waals surface area contributed by atoms with Crippen molar-refractivity contribution in [1.29, 1.82) is 0 Å². The van der Waals surface area contributed by atoms with Gasteiger partial charge in [0.05, 0.1) is 0 Å². The second kappa shape index (κ2) is 17.1. The molecule has 0 aromatic rings. The van der Waals surface area contributed by atoms with Crippen LogP contribution in [-0.4, -0.2) is 70.1 Å². The van der Waals surface area contributed by atoms with Crippen molar-refractivity contribution in [2.45, 2.75) is 0 Å². The molecule has 0 aliphatic rings. The molecule has 0 N–H and O–H groups in total. The third kappa shape index (κ3) is 8.83. The Morgan fingerprint density at radius 2 is 1.00 bits per heavy atom. The van der Waals surface area contributed by atoms with Gasteiger partial charge in [-0.1, -0.05) is 0 Å². The Morgan fingerprint density at radius 1 is 1.00 bits per heavy atom. The summed E-state index contributed by atoms with van der Waals surface area (Å²) in [6.45, 7) is 0. The van der Waals surface area contributed by atoms with E-state index in [1.54, 1.807) is 0 Å². The van der Waals surface area contributed by atoms with Crippen LogP contribution in [0.25, 0.3) is 0 Å². The van der Waals surface area contributed by atoms with Crippen LogP contribution in [0.15, 0.2) is 0 Å². The van der Waals surface area contributed by atoms with E-state index >= 15 is 0 Å². The normalized spacial score (nSPS) is 0. The van der Waals surface area contributed by atoms with Crippen molar-refractivity contribution in [3.05, 3.63) is 0 Å². The summed E-state index contributed by atoms with van der Waals surface area (Å²) in [4.78, 5) is 0. The summed E-state index contributed by atoms with van der Waals surface area (Å²) < 4.78 is 0. The second-order valence-electron chi connectivity index (χ2n) is 0. The van der Waals surface area contributed by atoms with Gasteiger partial charge in [0.25, 0.3) is 0 Å². The second-order valence-corrected chi connectivity index (χ2v) is 0. The van der Waals surface area contributed by atoms with Crippen molar-refractivity contribution in [2.24, 2.45) is 0 Å². The van der Waals surface area contributed by atoms with E-state index in [-0.39, 0.29) is 80.0 Å². The maximum absolute atomic E-state index is 0. The fraction of sp³-hybridized carbons (Fsp3) is 0. The van der Waals surface area contributed by atoms with Gasteiger partial charge in [-0.15, -0.1) is 0 Å². The maximum atomic E-state index is 0. The van der Waals surface area contributed by atoms with E-state index in [2.05, 4.69) is 0 Å². The van der Waals surface area contributed by atoms with E-state index in [4.69, 9.17) is 0 Å². The molecule has 0 bridgehead atoms. The van der Waals surface area contributed by atoms with Gasteiger partial charge in [0.2, 0.25) is 0 Å². The Morgan fingerprint density at radius 3 is 1.00 bits per heavy atom. The van der Waals surface area contributed by atoms with E-state index in [0.29, 0.717) is 0 Å². The summed E-state index contributed by atoms with van der Waals surface area (Å²) in [5, 5.41) is 0. The molecule has 0 fully saturated rings. The molecule has 0 saturated heterocycles. The summed E-state index contributed by atoms with van der Waals surface area (Å²) in [7, 11) is 0. The van der Waals surface area contributed by atoms with Gasteiger partial charge in [-0.25, -0.2) is 0 Å². The van der Waals surface area contributed by atoms with Crippen LogP contribution in [0.5, 0.6) is 0 Å². The van der Waals surface area contributed by atoms with Crippen molar-refractivity contribution in [3.8, 4) is 0 Å². The van der Waals surface area contributed by atoms with Gasteiger partial charge in [-0.2, -0.15) is 0 Å². The Hall–Kier alpha value is 2.75. The zero-order valence-electron chi connectivity index (χ0n) is 1.60. The van der Waals surface area contributed by atoms with Crippen LogP contribution in [0.3, 0.4) is 0 Å². The third-order valence-electron chi connectivity index (χ3n) is 0. The molecule has 22 valence electrons. The summed E-state index contributed by atoms with van der Waals surface area (Å²) in [6.07, 6.45) is 0. The molecule has 0 saturated carbocycles. The molecular weight excluding hydrogens is 337 g/mol. The Kier molecular flexibility index (Phi) is 126. The summed E-state index contributed by atoms with van der Waals surface area (Å²) in [5.74, 6) is 0. The average Bonchev–Trinajstić information content (AvgIpc) is 0. The van der Waals surface area contributed by atoms with Crippen molar-refractivity contribution in [1.82, 2.24) is 0 Å². The van der Waals surface area contributed by atoms with Crippen LogP contribution in [-0.2, 0) is 0 Å². The van der Waals surface area contributed by atoms with Crippen LogP contribution >= 0.6 is 9.90 Å². The number of hydrogen-bond acceptors (Lipinski definition) is 0. The molecule has 0 aliphatic carbocycles. The van der Waals surface area contributed by atoms with Gasteiger partial charge in [-0.3, -0.25) is 0 Å². The van der Waals surface area contributed by atoms with Crippen molar-refractivity contribution < 1.29 is 0 Å². The molecule has 0 aliphatic heterocycles. The van der Waals surface area contributed by atoms with E-state index in [1.165, 1.54) is 0 Å². The molecule has 4 heavy (non-hydrogen) atoms. The quantitative estimate of drug-likeness (QED) is 0.357. The molecule has 0 aromatic carbocycles. The molecule has 0 unspecified atom stereocenters. The van der Waals surface area contributed by atoms with Crippen molar-refractivity contribution in [3.63, 3.8) is 0 Å². The Bertz CT molecular complexity index is 8.00. The predicted molar refractivity (Wildman–Crippen MR) is 32.6 cm³/mol. The fourth-order valence-electron chi connectivity index (χ4n) is 0. The van der Waals surface area contributed by atoms with Gasteiger partial charge >= 0.3 is 70.1 Å². The monoisotopic (exact) mass is 342 g/mol. The molecule has 0 atom stereocenters. The number of hydrogen-bond donors (Lipinski definition) is 0. The molecular formula is H6GaInPSb. The minimum atomic E-state index is 0. The summed E-state index contributed by atoms with van der Waals surface area (Å²) in [6, 6.07) is 0. The molecule has 0 spiro atoms. The zero-order chi connectivity index (χ0) is 0. The van der Waals surface area contributed by atoms with E-state index in [0.717, 1.165) is 0 Å². The molecule has 0 amide bonds. The van der Waals surface area contributed by atoms with Crippen molar-refractivity contribution >= 4 is 80.0 Å². The van der Waals surface area contributed by atoms with Crippen LogP contribution in [0.4, 0.5) is 0 Å². The van der Waals surface area contributed by atoms with Crippen LogP contribution in [0.2, 0.25) is 0 Å². The fourth-order valence-corrected chi connectivity index (χ4v) is 0. The standard InChI is InChI=1S/Ga.In.P.Sb.6H/q2*+3;2*-3;;;;;;. The Balaban J connectivity index is 0. The van der Waals surface area contributed by atoms with Crippen LogP contribution < -0.4 is 0 Å². The molecule has 4 heteroatoms. The molecule has 0 heterocycles. The first-order chi connectivity index (χ1) is 0. The summed E-state index contributed by atoms with van der Waals surface area (Å²) >= 11 is 0. The predicted octanol–water partition coefficient (Wildman–Crippen LogP) is -1.89. The minimum absolute atomic E-state index is 0. The third-order valence-corrected chi connectivity index (χ3v) is 0. The van der Waals surface area contributed by atoms with Gasteiger partial charge in [0.1, 0.15) is 0 Å². The molecule has 0 rings (SSSR count). The van der Waals surface area contributed by atoms with Crippen molar-refractivity contribution in [2.75, 3.05) is 0 Å². The molecule has 0 radical (unpaired) electrons. The summed E-state index contributed by atoms with van der Waals surface area (Å²) in [5.41, 5.74) is 0. The first kappa shape index (κ1) is 29.5. The molecule has 0 aromatic heterocycles. The van der Waals surface area contributed by atoms with Gasteiger partial charge < -0.3 is 9.90 Å². The Labute approximate surface area is 78.8 Å². The molecule has 0 nitrogen and oxygen atoms in total. The van der Waals surface area contributed by atoms with Gasteiger partial charge in [0, 0.05) is 0 Å². The van der Waals surface area contributed by atoms with E-state index < -0.39 is 0 Å². The van der Waals surface area contributed by atoms with Crippen LogP contribution in [0.1, 0.15) is 0 Å².